The second-order valence-corrected chi connectivity index (χ2v) is 10.1. The van der Waals surface area contributed by atoms with Crippen LogP contribution < -0.4 is 27.0 Å². The molecule has 2 aromatic rings. The van der Waals surface area contributed by atoms with Gasteiger partial charge in [-0.15, -0.1) is 0 Å². The van der Waals surface area contributed by atoms with Crippen LogP contribution in [0.2, 0.25) is 0 Å². The number of fused-ring (bicyclic) bond motifs is 1. The van der Waals surface area contributed by atoms with E-state index in [-0.39, 0.29) is 28.2 Å². The Morgan fingerprint density at radius 2 is 2.00 bits per heavy atom. The summed E-state index contributed by atoms with van der Waals surface area (Å²) in [6, 6.07) is 5.86. The molecule has 0 bridgehead atoms. The van der Waals surface area contributed by atoms with Gasteiger partial charge in [-0.1, -0.05) is 17.8 Å². The van der Waals surface area contributed by atoms with Crippen molar-refractivity contribution >= 4 is 29.0 Å². The van der Waals surface area contributed by atoms with Gasteiger partial charge >= 0.3 is 0 Å². The normalized spacial score (nSPS) is 24.0. The third-order valence-corrected chi connectivity index (χ3v) is 7.91. The van der Waals surface area contributed by atoms with E-state index in [2.05, 4.69) is 16.0 Å². The molecule has 1 amide bonds. The van der Waals surface area contributed by atoms with Gasteiger partial charge in [0.2, 0.25) is 0 Å². The van der Waals surface area contributed by atoms with Gasteiger partial charge in [-0.05, 0) is 37.8 Å². The number of nitrogens with two attached hydrogens (primary N) is 3. The third kappa shape index (κ3) is 3.86. The molecular formula is C24H25F2N7OS. The summed E-state index contributed by atoms with van der Waals surface area (Å²) in [5, 5.41) is 8.69. The molecule has 182 valence electrons. The maximum absolute atomic E-state index is 14.9. The highest BCUT2D eigenvalue weighted by Gasteiger charge is 2.42. The van der Waals surface area contributed by atoms with Gasteiger partial charge in [0, 0.05) is 24.7 Å². The van der Waals surface area contributed by atoms with E-state index in [1.807, 2.05) is 0 Å². The van der Waals surface area contributed by atoms with E-state index in [1.54, 1.807) is 6.20 Å². The smallest absolute Gasteiger partial charge is 0.268 e. The summed E-state index contributed by atoms with van der Waals surface area (Å²) in [6.07, 6.45) is 4.52. The lowest BCUT2D eigenvalue weighted by molar-refractivity contribution is -0.114. The standard InChI is InChI=1S/C24H25F2N7OS/c25-15-4-1-5-16(26)18(15)24-33(21(22(29)34)23(30)35-24)17-10-31-19-12(9-27)6-7-14(19)20(17)32-8-2-3-13(28)11-32/h1,4-5,10,12-13,24H,2-3,6-8,11,28,30H2,(H2,29,34). The molecule has 3 heterocycles. The van der Waals surface area contributed by atoms with Gasteiger partial charge in [0.25, 0.3) is 5.91 Å². The maximum atomic E-state index is 14.9. The number of amides is 1. The number of hydrogen-bond donors (Lipinski definition) is 3. The van der Waals surface area contributed by atoms with Crippen molar-refractivity contribution in [3.63, 3.8) is 0 Å². The van der Waals surface area contributed by atoms with Crippen LogP contribution in [0.3, 0.4) is 0 Å². The number of carbonyl (C=O) groups is 1. The number of benzene rings is 1. The second-order valence-electron chi connectivity index (χ2n) is 8.98. The molecule has 3 aliphatic rings. The van der Waals surface area contributed by atoms with Crippen molar-refractivity contribution < 1.29 is 13.6 Å². The second kappa shape index (κ2) is 9.02. The largest absolute Gasteiger partial charge is 0.392 e. The Morgan fingerprint density at radius 1 is 1.26 bits per heavy atom. The fraction of sp³-hybridized carbons (Fsp3) is 0.375. The number of nitriles is 1. The minimum absolute atomic E-state index is 0.0400. The summed E-state index contributed by atoms with van der Waals surface area (Å²) in [5.74, 6) is -2.68. The molecule has 1 fully saturated rings. The van der Waals surface area contributed by atoms with Crippen molar-refractivity contribution in [1.82, 2.24) is 4.98 Å². The number of thioether (sulfide) groups is 1. The van der Waals surface area contributed by atoms with Crippen LogP contribution in [0.15, 0.2) is 35.1 Å². The van der Waals surface area contributed by atoms with Crippen molar-refractivity contribution in [3.05, 3.63) is 63.6 Å². The van der Waals surface area contributed by atoms with Crippen molar-refractivity contribution in [3.8, 4) is 6.07 Å². The molecule has 3 unspecified atom stereocenters. The molecule has 1 saturated heterocycles. The van der Waals surface area contributed by atoms with Crippen molar-refractivity contribution in [2.24, 2.45) is 17.2 Å². The summed E-state index contributed by atoms with van der Waals surface area (Å²) >= 11 is 0.960. The summed E-state index contributed by atoms with van der Waals surface area (Å²) in [7, 11) is 0. The average Bonchev–Trinajstić information content (AvgIpc) is 3.38. The topological polar surface area (TPSA) is 138 Å². The number of aromatic nitrogens is 1. The van der Waals surface area contributed by atoms with E-state index < -0.39 is 22.9 Å². The highest BCUT2D eigenvalue weighted by atomic mass is 32.2. The van der Waals surface area contributed by atoms with Gasteiger partial charge in [0.05, 0.1) is 45.8 Å². The Morgan fingerprint density at radius 3 is 2.66 bits per heavy atom. The summed E-state index contributed by atoms with van der Waals surface area (Å²) in [6.45, 7) is 1.27. The Balaban J connectivity index is 1.74. The number of rotatable bonds is 4. The minimum Gasteiger partial charge on any atom is -0.392 e. The van der Waals surface area contributed by atoms with Gasteiger partial charge in [-0.2, -0.15) is 5.26 Å². The van der Waals surface area contributed by atoms with Crippen LogP contribution in [0.25, 0.3) is 0 Å². The minimum atomic E-state index is -1.01. The highest BCUT2D eigenvalue weighted by molar-refractivity contribution is 8.03. The van der Waals surface area contributed by atoms with Crippen molar-refractivity contribution in [1.29, 1.82) is 5.26 Å². The molecular weight excluding hydrogens is 472 g/mol. The fourth-order valence-electron chi connectivity index (χ4n) is 5.27. The number of hydrogen-bond acceptors (Lipinski definition) is 8. The van der Waals surface area contributed by atoms with Crippen LogP contribution in [0, 0.1) is 23.0 Å². The molecule has 0 radical (unpaired) electrons. The van der Waals surface area contributed by atoms with Gasteiger partial charge in [-0.25, -0.2) is 8.78 Å². The first-order valence-electron chi connectivity index (χ1n) is 11.4. The van der Waals surface area contributed by atoms with Crippen LogP contribution in [-0.2, 0) is 11.2 Å². The van der Waals surface area contributed by atoms with Crippen molar-refractivity contribution in [2.45, 2.75) is 43.0 Å². The van der Waals surface area contributed by atoms with Crippen LogP contribution in [-0.4, -0.2) is 30.0 Å². The van der Waals surface area contributed by atoms with E-state index >= 15 is 0 Å². The van der Waals surface area contributed by atoms with Gasteiger partial charge in [-0.3, -0.25) is 9.78 Å². The third-order valence-electron chi connectivity index (χ3n) is 6.79. The molecule has 2 aliphatic heterocycles. The molecule has 1 aromatic heterocycles. The van der Waals surface area contributed by atoms with Gasteiger partial charge < -0.3 is 27.0 Å². The number of piperidine rings is 1. The van der Waals surface area contributed by atoms with E-state index in [1.165, 1.54) is 23.1 Å². The molecule has 6 N–H and O–H groups in total. The molecule has 1 aliphatic carbocycles. The quantitative estimate of drug-likeness (QED) is 0.586. The average molecular weight is 498 g/mol. The molecule has 35 heavy (non-hydrogen) atoms. The summed E-state index contributed by atoms with van der Waals surface area (Å²) in [5.41, 5.74) is 20.7. The number of nitrogens with zero attached hydrogens (tertiary/aromatic N) is 4. The highest BCUT2D eigenvalue weighted by Crippen LogP contribution is 2.53. The number of pyridine rings is 1. The SMILES string of the molecule is N#CC1CCc2c1ncc(N1C(C(N)=O)=C(N)SC1c1c(F)cccc1F)c2N1CCCC(N)C1. The molecule has 0 saturated carbocycles. The Hall–Kier alpha value is -3.36. The zero-order valence-corrected chi connectivity index (χ0v) is 19.7. The first kappa shape index (κ1) is 23.4. The van der Waals surface area contributed by atoms with E-state index in [0.717, 1.165) is 35.9 Å². The molecule has 8 nitrogen and oxygen atoms in total. The summed E-state index contributed by atoms with van der Waals surface area (Å²) in [4.78, 5) is 20.8. The van der Waals surface area contributed by atoms with Crippen LogP contribution in [0.1, 0.15) is 47.4 Å². The van der Waals surface area contributed by atoms with Crippen LogP contribution >= 0.6 is 11.8 Å². The molecule has 3 atom stereocenters. The molecule has 1 aromatic carbocycles. The van der Waals surface area contributed by atoms with E-state index in [0.29, 0.717) is 37.3 Å². The molecule has 5 rings (SSSR count). The van der Waals surface area contributed by atoms with Gasteiger partial charge in [0.15, 0.2) is 0 Å². The molecule has 0 spiro atoms. The Bertz CT molecular complexity index is 1260. The number of carbonyl (C=O) groups excluding carboxylic acids is 1. The zero-order chi connectivity index (χ0) is 24.9. The lowest BCUT2D eigenvalue weighted by atomic mass is 10.0. The number of halogens is 2. The predicted octanol–water partition coefficient (Wildman–Crippen LogP) is 2.71. The van der Waals surface area contributed by atoms with Crippen LogP contribution in [0.4, 0.5) is 20.2 Å². The zero-order valence-electron chi connectivity index (χ0n) is 18.9. The number of primary amides is 1. The lowest BCUT2D eigenvalue weighted by Gasteiger charge is -2.38. The molecule has 11 heteroatoms. The van der Waals surface area contributed by atoms with Crippen LogP contribution in [0.5, 0.6) is 0 Å². The first-order chi connectivity index (χ1) is 16.8. The maximum Gasteiger partial charge on any atom is 0.268 e. The Labute approximate surface area is 205 Å². The predicted molar refractivity (Wildman–Crippen MR) is 130 cm³/mol. The lowest BCUT2D eigenvalue weighted by Crippen LogP contribution is -2.44. The van der Waals surface area contributed by atoms with Gasteiger partial charge in [0.1, 0.15) is 22.7 Å². The summed E-state index contributed by atoms with van der Waals surface area (Å²) < 4.78 is 29.9. The number of anilines is 2. The van der Waals surface area contributed by atoms with Crippen molar-refractivity contribution in [2.75, 3.05) is 22.9 Å². The Kier molecular flexibility index (Phi) is 6.02. The van der Waals surface area contributed by atoms with E-state index in [9.17, 15) is 18.8 Å². The van der Waals surface area contributed by atoms with E-state index in [4.69, 9.17) is 17.2 Å². The fourth-order valence-corrected chi connectivity index (χ4v) is 6.49. The monoisotopic (exact) mass is 497 g/mol. The first-order valence-corrected chi connectivity index (χ1v) is 12.3.